The summed E-state index contributed by atoms with van der Waals surface area (Å²) in [5, 5.41) is 6.33. The molecule has 0 radical (unpaired) electrons. The normalized spacial score (nSPS) is 11.1. The van der Waals surface area contributed by atoms with Crippen molar-refractivity contribution in [3.63, 3.8) is 0 Å². The Balaban J connectivity index is 2.03. The summed E-state index contributed by atoms with van der Waals surface area (Å²) in [4.78, 5) is 12.2. The van der Waals surface area contributed by atoms with Crippen LogP contribution in [0.5, 0.6) is 23.0 Å². The molecule has 2 aromatic carbocycles. The van der Waals surface area contributed by atoms with Crippen molar-refractivity contribution in [3.05, 3.63) is 45.9 Å². The van der Waals surface area contributed by atoms with Gasteiger partial charge in [0.05, 0.1) is 21.3 Å². The Kier molecular flexibility index (Phi) is 9.65. The Labute approximate surface area is 198 Å². The summed E-state index contributed by atoms with van der Waals surface area (Å²) in [6.45, 7) is 6.97. The summed E-state index contributed by atoms with van der Waals surface area (Å²) < 4.78 is 22.9. The molecule has 0 atom stereocenters. The molecule has 0 aliphatic heterocycles. The number of halogens is 1. The number of hydrogen-bond donors (Lipinski definition) is 2. The van der Waals surface area contributed by atoms with Crippen molar-refractivity contribution < 1.29 is 23.7 Å². The number of carbonyl (C=O) groups excluding carboxylic acids is 1. The molecule has 0 heterocycles. The smallest absolute Gasteiger partial charge is 0.258 e. The molecule has 0 fully saturated rings. The first-order valence-electron chi connectivity index (χ1n) is 10.4. The molecule has 2 aromatic rings. The molecule has 0 unspecified atom stereocenters. The molecule has 32 heavy (non-hydrogen) atoms. The number of nitrogens with one attached hydrogen (secondary N) is 2. The van der Waals surface area contributed by atoms with Gasteiger partial charge in [-0.05, 0) is 63.6 Å². The van der Waals surface area contributed by atoms with Crippen molar-refractivity contribution in [1.82, 2.24) is 10.6 Å². The van der Waals surface area contributed by atoms with E-state index in [4.69, 9.17) is 18.9 Å². The average molecular weight is 509 g/mol. The summed E-state index contributed by atoms with van der Waals surface area (Å²) in [6.07, 6.45) is 0.812. The fourth-order valence-electron chi connectivity index (χ4n) is 3.14. The van der Waals surface area contributed by atoms with Gasteiger partial charge >= 0.3 is 0 Å². The number of carbonyl (C=O) groups is 1. The van der Waals surface area contributed by atoms with E-state index in [1.165, 1.54) is 0 Å². The minimum absolute atomic E-state index is 0.0945. The van der Waals surface area contributed by atoms with Gasteiger partial charge in [-0.2, -0.15) is 0 Å². The van der Waals surface area contributed by atoms with Gasteiger partial charge in [0, 0.05) is 22.1 Å². The van der Waals surface area contributed by atoms with Crippen LogP contribution in [0.25, 0.3) is 0 Å². The summed E-state index contributed by atoms with van der Waals surface area (Å²) in [5.74, 6) is 2.36. The second kappa shape index (κ2) is 12.0. The first kappa shape index (κ1) is 25.8. The van der Waals surface area contributed by atoms with Crippen LogP contribution in [0.2, 0.25) is 0 Å². The van der Waals surface area contributed by atoms with E-state index >= 15 is 0 Å². The number of methoxy groups -OCH3 is 3. The molecule has 0 spiro atoms. The third-order valence-electron chi connectivity index (χ3n) is 4.59. The quantitative estimate of drug-likeness (QED) is 0.445. The molecular weight excluding hydrogens is 476 g/mol. The van der Waals surface area contributed by atoms with Crippen LogP contribution in [-0.4, -0.2) is 45.9 Å². The lowest BCUT2D eigenvalue weighted by Gasteiger charge is -2.21. The lowest BCUT2D eigenvalue weighted by Crippen LogP contribution is -2.43. The molecule has 0 aliphatic rings. The molecule has 0 aromatic heterocycles. The van der Waals surface area contributed by atoms with E-state index in [9.17, 15) is 4.79 Å². The second-order valence-electron chi connectivity index (χ2n) is 8.26. The molecule has 8 heteroatoms. The zero-order chi connectivity index (χ0) is 23.7. The zero-order valence-corrected chi connectivity index (χ0v) is 21.2. The maximum atomic E-state index is 12.2. The fraction of sp³-hybridized carbons (Fsp3) is 0.458. The number of hydrogen-bond acceptors (Lipinski definition) is 6. The van der Waals surface area contributed by atoms with E-state index in [1.54, 1.807) is 21.3 Å². The highest BCUT2D eigenvalue weighted by Gasteiger charge is 2.18. The van der Waals surface area contributed by atoms with Gasteiger partial charge in [-0.15, -0.1) is 0 Å². The SMILES string of the molecule is COc1ccc(CCNCc2c(Br)ccc(OC)c2OCC(=O)NC(C)(C)C)cc1OC. The van der Waals surface area contributed by atoms with Crippen LogP contribution in [0, 0.1) is 0 Å². The maximum absolute atomic E-state index is 12.2. The van der Waals surface area contributed by atoms with Crippen LogP contribution in [0.15, 0.2) is 34.8 Å². The Morgan fingerprint density at radius 1 is 0.969 bits per heavy atom. The summed E-state index contributed by atoms with van der Waals surface area (Å²) >= 11 is 3.59. The van der Waals surface area contributed by atoms with Gasteiger partial charge in [-0.25, -0.2) is 0 Å². The molecular formula is C24H33BrN2O5. The van der Waals surface area contributed by atoms with Crippen LogP contribution in [-0.2, 0) is 17.8 Å². The molecule has 0 aliphatic carbocycles. The Morgan fingerprint density at radius 2 is 1.62 bits per heavy atom. The largest absolute Gasteiger partial charge is 0.493 e. The molecule has 0 saturated carbocycles. The monoisotopic (exact) mass is 508 g/mol. The van der Waals surface area contributed by atoms with E-state index in [2.05, 4.69) is 26.6 Å². The lowest BCUT2D eigenvalue weighted by atomic mass is 10.1. The Bertz CT molecular complexity index is 912. The van der Waals surface area contributed by atoms with Gasteiger partial charge in [0.2, 0.25) is 0 Å². The third-order valence-corrected chi connectivity index (χ3v) is 5.33. The van der Waals surface area contributed by atoms with E-state index in [0.717, 1.165) is 28.6 Å². The summed E-state index contributed by atoms with van der Waals surface area (Å²) in [5.41, 5.74) is 1.70. The number of rotatable bonds is 11. The molecule has 176 valence electrons. The van der Waals surface area contributed by atoms with Crippen LogP contribution >= 0.6 is 15.9 Å². The van der Waals surface area contributed by atoms with Gasteiger partial charge in [0.25, 0.3) is 5.91 Å². The average Bonchev–Trinajstić information content (AvgIpc) is 2.74. The predicted molar refractivity (Wildman–Crippen MR) is 129 cm³/mol. The van der Waals surface area contributed by atoms with Crippen molar-refractivity contribution in [2.45, 2.75) is 39.3 Å². The van der Waals surface area contributed by atoms with E-state index in [0.29, 0.717) is 29.5 Å². The zero-order valence-electron chi connectivity index (χ0n) is 19.6. The Hall–Kier alpha value is -2.45. The predicted octanol–water partition coefficient (Wildman–Crippen LogP) is 4.10. The van der Waals surface area contributed by atoms with Crippen molar-refractivity contribution in [1.29, 1.82) is 0 Å². The van der Waals surface area contributed by atoms with Crippen LogP contribution < -0.4 is 29.6 Å². The van der Waals surface area contributed by atoms with Crippen LogP contribution in [0.3, 0.4) is 0 Å². The number of amides is 1. The highest BCUT2D eigenvalue weighted by atomic mass is 79.9. The molecule has 1 amide bonds. The van der Waals surface area contributed by atoms with Gasteiger partial charge < -0.3 is 29.6 Å². The molecule has 0 bridgehead atoms. The molecule has 0 saturated heterocycles. The van der Waals surface area contributed by atoms with Crippen LogP contribution in [0.1, 0.15) is 31.9 Å². The van der Waals surface area contributed by atoms with Gasteiger partial charge in [0.1, 0.15) is 0 Å². The van der Waals surface area contributed by atoms with Crippen LogP contribution in [0.4, 0.5) is 0 Å². The van der Waals surface area contributed by atoms with E-state index in [-0.39, 0.29) is 18.1 Å². The van der Waals surface area contributed by atoms with Crippen molar-refractivity contribution in [3.8, 4) is 23.0 Å². The molecule has 2 rings (SSSR count). The third kappa shape index (κ3) is 7.60. The molecule has 7 nitrogen and oxygen atoms in total. The summed E-state index contributed by atoms with van der Waals surface area (Å²) in [6, 6.07) is 9.62. The first-order chi connectivity index (χ1) is 15.2. The summed E-state index contributed by atoms with van der Waals surface area (Å²) in [7, 11) is 4.83. The standard InChI is InChI=1S/C24H33BrN2O5/c1-24(2,3)27-22(28)15-32-23-17(18(25)8-10-20(23)30-5)14-26-12-11-16-7-9-19(29-4)21(13-16)31-6/h7-10,13,26H,11-12,14-15H2,1-6H3,(H,27,28). The first-order valence-corrected chi connectivity index (χ1v) is 11.2. The molecule has 2 N–H and O–H groups in total. The minimum Gasteiger partial charge on any atom is -0.493 e. The lowest BCUT2D eigenvalue weighted by molar-refractivity contribution is -0.124. The van der Waals surface area contributed by atoms with Gasteiger partial charge in [-0.3, -0.25) is 4.79 Å². The van der Waals surface area contributed by atoms with E-state index in [1.807, 2.05) is 51.1 Å². The minimum atomic E-state index is -0.323. The van der Waals surface area contributed by atoms with Crippen molar-refractivity contribution in [2.75, 3.05) is 34.5 Å². The second-order valence-corrected chi connectivity index (χ2v) is 9.11. The number of ether oxygens (including phenoxy) is 4. The Morgan fingerprint density at radius 3 is 2.25 bits per heavy atom. The van der Waals surface area contributed by atoms with Crippen molar-refractivity contribution >= 4 is 21.8 Å². The van der Waals surface area contributed by atoms with Gasteiger partial charge in [-0.1, -0.05) is 22.0 Å². The fourth-order valence-corrected chi connectivity index (χ4v) is 3.59. The topological polar surface area (TPSA) is 78.0 Å². The van der Waals surface area contributed by atoms with E-state index < -0.39 is 0 Å². The highest BCUT2D eigenvalue weighted by Crippen LogP contribution is 2.36. The number of benzene rings is 2. The van der Waals surface area contributed by atoms with Gasteiger partial charge in [0.15, 0.2) is 29.6 Å². The highest BCUT2D eigenvalue weighted by molar-refractivity contribution is 9.10. The van der Waals surface area contributed by atoms with Crippen molar-refractivity contribution in [2.24, 2.45) is 0 Å². The maximum Gasteiger partial charge on any atom is 0.258 e.